The van der Waals surface area contributed by atoms with Crippen molar-refractivity contribution in [1.82, 2.24) is 14.8 Å². The molecule has 4 aromatic rings. The van der Waals surface area contributed by atoms with Crippen LogP contribution >= 0.6 is 11.6 Å². The van der Waals surface area contributed by atoms with Crippen LogP contribution in [0.3, 0.4) is 0 Å². The molecule has 35 heavy (non-hydrogen) atoms. The molecule has 0 aliphatic carbocycles. The van der Waals surface area contributed by atoms with Crippen molar-refractivity contribution in [1.29, 1.82) is 0 Å². The van der Waals surface area contributed by atoms with Crippen molar-refractivity contribution in [3.8, 4) is 5.75 Å². The van der Waals surface area contributed by atoms with Crippen molar-refractivity contribution in [2.45, 2.75) is 12.5 Å². The number of para-hydroxylation sites is 1. The van der Waals surface area contributed by atoms with Gasteiger partial charge in [-0.25, -0.2) is 0 Å². The zero-order valence-electron chi connectivity index (χ0n) is 19.6. The average molecular weight is 488 g/mol. The fourth-order valence-electron chi connectivity index (χ4n) is 4.91. The number of methoxy groups -OCH3 is 1. The second kappa shape index (κ2) is 9.47. The van der Waals surface area contributed by atoms with E-state index >= 15 is 0 Å². The number of aryl methyl sites for hydroxylation is 1. The van der Waals surface area contributed by atoms with Gasteiger partial charge in [-0.2, -0.15) is 0 Å². The fourth-order valence-corrected chi connectivity index (χ4v) is 5.14. The highest BCUT2D eigenvalue weighted by Crippen LogP contribution is 2.43. The summed E-state index contributed by atoms with van der Waals surface area (Å²) in [5.41, 5.74) is 4.45. The van der Waals surface area contributed by atoms with Crippen molar-refractivity contribution in [2.24, 2.45) is 7.05 Å². The highest BCUT2D eigenvalue weighted by molar-refractivity contribution is 6.31. The number of halogens is 1. The van der Waals surface area contributed by atoms with Crippen molar-refractivity contribution in [3.05, 3.63) is 100 Å². The Labute approximate surface area is 209 Å². The topological polar surface area (TPSA) is 63.6 Å². The lowest BCUT2D eigenvalue weighted by atomic mass is 9.98. The normalized spacial score (nSPS) is 14.9. The molecule has 2 amide bonds. The molecule has 7 heteroatoms. The number of aromatic nitrogens is 1. The average Bonchev–Trinajstić information content (AvgIpc) is 3.32. The Bertz CT molecular complexity index is 1410. The molecule has 0 fully saturated rings. The molecular formula is C28H26ClN3O3. The third kappa shape index (κ3) is 4.15. The lowest BCUT2D eigenvalue weighted by Gasteiger charge is -2.26. The number of ether oxygens (including phenoxy) is 1. The van der Waals surface area contributed by atoms with E-state index in [4.69, 9.17) is 16.3 Å². The van der Waals surface area contributed by atoms with Crippen LogP contribution in [0.1, 0.15) is 33.2 Å². The largest absolute Gasteiger partial charge is 0.497 e. The Morgan fingerprint density at radius 2 is 1.74 bits per heavy atom. The van der Waals surface area contributed by atoms with E-state index in [0.29, 0.717) is 23.7 Å². The molecule has 0 saturated heterocycles. The number of rotatable bonds is 7. The fraction of sp³-hybridized carbons (Fsp3) is 0.214. The minimum absolute atomic E-state index is 0.0406. The number of benzene rings is 3. The molecule has 3 aromatic carbocycles. The van der Waals surface area contributed by atoms with Crippen molar-refractivity contribution < 1.29 is 14.3 Å². The van der Waals surface area contributed by atoms with Crippen LogP contribution in [0.15, 0.2) is 72.8 Å². The van der Waals surface area contributed by atoms with Crippen LogP contribution in [0, 0.1) is 0 Å². The first kappa shape index (κ1) is 23.0. The zero-order chi connectivity index (χ0) is 24.5. The number of nitrogens with zero attached hydrogens (tertiary/aromatic N) is 2. The second-order valence-electron chi connectivity index (χ2n) is 8.64. The third-order valence-electron chi connectivity index (χ3n) is 6.61. The monoisotopic (exact) mass is 487 g/mol. The van der Waals surface area contributed by atoms with E-state index in [9.17, 15) is 9.59 Å². The predicted molar refractivity (Wildman–Crippen MR) is 137 cm³/mol. The van der Waals surface area contributed by atoms with E-state index in [1.165, 1.54) is 0 Å². The van der Waals surface area contributed by atoms with Crippen LogP contribution in [0.2, 0.25) is 5.02 Å². The number of nitrogens with one attached hydrogen (secondary N) is 1. The van der Waals surface area contributed by atoms with E-state index in [2.05, 4.69) is 5.32 Å². The predicted octanol–water partition coefficient (Wildman–Crippen LogP) is 4.74. The molecule has 1 aliphatic heterocycles. The van der Waals surface area contributed by atoms with Gasteiger partial charge in [0.1, 0.15) is 18.0 Å². The molecule has 2 heterocycles. The Balaban J connectivity index is 1.43. The molecular weight excluding hydrogens is 462 g/mol. The zero-order valence-corrected chi connectivity index (χ0v) is 20.4. The summed E-state index contributed by atoms with van der Waals surface area (Å²) in [6.07, 6.45) is 0.617. The quantitative estimate of drug-likeness (QED) is 0.409. The van der Waals surface area contributed by atoms with Gasteiger partial charge < -0.3 is 19.5 Å². The van der Waals surface area contributed by atoms with Gasteiger partial charge >= 0.3 is 0 Å². The second-order valence-corrected chi connectivity index (χ2v) is 9.05. The van der Waals surface area contributed by atoms with Gasteiger partial charge in [0, 0.05) is 35.1 Å². The maximum absolute atomic E-state index is 13.7. The summed E-state index contributed by atoms with van der Waals surface area (Å²) in [7, 11) is 3.52. The van der Waals surface area contributed by atoms with Crippen LogP contribution in [0.4, 0.5) is 0 Å². The van der Waals surface area contributed by atoms with E-state index in [0.717, 1.165) is 33.3 Å². The van der Waals surface area contributed by atoms with Crippen LogP contribution in [0.25, 0.3) is 10.9 Å². The van der Waals surface area contributed by atoms with Gasteiger partial charge in [0.05, 0.1) is 13.2 Å². The van der Waals surface area contributed by atoms with Crippen molar-refractivity contribution in [2.75, 3.05) is 20.2 Å². The SMILES string of the molecule is COc1ccc([C@@H]2c3c(n(C)c4ccccc34)C(=O)N2CC(=O)NCCc2ccccc2Cl)cc1. The molecule has 0 spiro atoms. The van der Waals surface area contributed by atoms with Gasteiger partial charge in [-0.3, -0.25) is 9.59 Å². The van der Waals surface area contributed by atoms with Crippen molar-refractivity contribution >= 4 is 34.3 Å². The molecule has 6 nitrogen and oxygen atoms in total. The standard InChI is InChI=1S/C28H26ClN3O3/c1-31-23-10-6-4-8-21(23)25-26(19-11-13-20(35-2)14-12-19)32(28(34)27(25)31)17-24(33)30-16-15-18-7-3-5-9-22(18)29/h3-14,26H,15-17H2,1-2H3,(H,30,33)/t26-/m1/s1. The van der Waals surface area contributed by atoms with Crippen LogP contribution in [-0.4, -0.2) is 41.5 Å². The van der Waals surface area contributed by atoms with Gasteiger partial charge in [0.2, 0.25) is 5.91 Å². The van der Waals surface area contributed by atoms with Gasteiger partial charge in [0.25, 0.3) is 5.91 Å². The number of carbonyl (C=O) groups is 2. The molecule has 1 N–H and O–H groups in total. The molecule has 0 bridgehead atoms. The van der Waals surface area contributed by atoms with E-state index in [-0.39, 0.29) is 24.4 Å². The Morgan fingerprint density at radius 1 is 1.03 bits per heavy atom. The van der Waals surface area contributed by atoms with Crippen molar-refractivity contribution in [3.63, 3.8) is 0 Å². The molecule has 178 valence electrons. The molecule has 0 radical (unpaired) electrons. The summed E-state index contributed by atoms with van der Waals surface area (Å²) >= 11 is 6.23. The number of amides is 2. The van der Waals surface area contributed by atoms with Gasteiger partial charge in [-0.1, -0.05) is 60.1 Å². The van der Waals surface area contributed by atoms with Gasteiger partial charge in [-0.05, 0) is 41.8 Å². The Kier molecular flexibility index (Phi) is 6.22. The van der Waals surface area contributed by atoms with Crippen LogP contribution in [0.5, 0.6) is 5.75 Å². The molecule has 0 saturated carbocycles. The number of hydrogen-bond donors (Lipinski definition) is 1. The summed E-state index contributed by atoms with van der Waals surface area (Å²) in [6, 6.07) is 22.9. The van der Waals surface area contributed by atoms with Gasteiger partial charge in [0.15, 0.2) is 0 Å². The maximum Gasteiger partial charge on any atom is 0.272 e. The van der Waals surface area contributed by atoms with E-state index in [1.807, 2.05) is 84.4 Å². The number of carbonyl (C=O) groups excluding carboxylic acids is 2. The first-order chi connectivity index (χ1) is 17.0. The minimum Gasteiger partial charge on any atom is -0.497 e. The van der Waals surface area contributed by atoms with E-state index in [1.54, 1.807) is 12.0 Å². The summed E-state index contributed by atoms with van der Waals surface area (Å²) in [6.45, 7) is 0.398. The Morgan fingerprint density at radius 3 is 2.49 bits per heavy atom. The first-order valence-corrected chi connectivity index (χ1v) is 11.9. The summed E-state index contributed by atoms with van der Waals surface area (Å²) < 4.78 is 7.25. The van der Waals surface area contributed by atoms with Crippen LogP contribution < -0.4 is 10.1 Å². The molecule has 0 unspecified atom stereocenters. The van der Waals surface area contributed by atoms with Gasteiger partial charge in [-0.15, -0.1) is 0 Å². The first-order valence-electron chi connectivity index (χ1n) is 11.5. The Hall–Kier alpha value is -3.77. The highest BCUT2D eigenvalue weighted by atomic mass is 35.5. The molecule has 1 aliphatic rings. The summed E-state index contributed by atoms with van der Waals surface area (Å²) in [5, 5.41) is 4.64. The lowest BCUT2D eigenvalue weighted by molar-refractivity contribution is -0.122. The maximum atomic E-state index is 13.7. The highest BCUT2D eigenvalue weighted by Gasteiger charge is 2.42. The minimum atomic E-state index is -0.371. The molecule has 1 atom stereocenters. The van der Waals surface area contributed by atoms with E-state index < -0.39 is 0 Å². The van der Waals surface area contributed by atoms with Crippen LogP contribution in [-0.2, 0) is 18.3 Å². The summed E-state index contributed by atoms with van der Waals surface area (Å²) in [5.74, 6) is 0.377. The number of hydrogen-bond acceptors (Lipinski definition) is 3. The molecule has 1 aromatic heterocycles. The molecule has 5 rings (SSSR count). The summed E-state index contributed by atoms with van der Waals surface area (Å²) in [4.78, 5) is 28.3. The lowest BCUT2D eigenvalue weighted by Crippen LogP contribution is -2.40. The smallest absolute Gasteiger partial charge is 0.272 e. The number of fused-ring (bicyclic) bond motifs is 3. The third-order valence-corrected chi connectivity index (χ3v) is 6.98.